The van der Waals surface area contributed by atoms with Crippen LogP contribution in [0.4, 0.5) is 5.00 Å². The lowest BCUT2D eigenvalue weighted by atomic mass is 10.2. The summed E-state index contributed by atoms with van der Waals surface area (Å²) in [4.78, 5) is 11.8. The van der Waals surface area contributed by atoms with Crippen molar-refractivity contribution >= 4 is 22.1 Å². The maximum Gasteiger partial charge on any atom is 0.160 e. The molecule has 0 aliphatic carbocycles. The van der Waals surface area contributed by atoms with Crippen molar-refractivity contribution in [3.8, 4) is 0 Å². The van der Waals surface area contributed by atoms with Crippen LogP contribution in [0.5, 0.6) is 0 Å². The molecule has 0 aromatic carbocycles. The molecule has 0 saturated carbocycles. The van der Waals surface area contributed by atoms with Crippen molar-refractivity contribution in [1.29, 1.82) is 0 Å². The minimum atomic E-state index is 0.0884. The zero-order chi connectivity index (χ0) is 7.72. The van der Waals surface area contributed by atoms with Crippen molar-refractivity contribution in [3.05, 3.63) is 16.5 Å². The van der Waals surface area contributed by atoms with E-state index in [1.165, 1.54) is 11.3 Å². The van der Waals surface area contributed by atoms with Gasteiger partial charge in [0.15, 0.2) is 5.78 Å². The molecule has 0 spiro atoms. The predicted molar refractivity (Wildman–Crippen MR) is 43.5 cm³/mol. The van der Waals surface area contributed by atoms with Crippen LogP contribution < -0.4 is 5.73 Å². The fourth-order valence-electron chi connectivity index (χ4n) is 0.855. The van der Waals surface area contributed by atoms with E-state index in [9.17, 15) is 4.79 Å². The SMILES string of the molecule is CC(=O)c1cc(N)sc1C. The number of rotatable bonds is 1. The van der Waals surface area contributed by atoms with Gasteiger partial charge >= 0.3 is 0 Å². The topological polar surface area (TPSA) is 43.1 Å². The third-order valence-corrected chi connectivity index (χ3v) is 2.20. The molecule has 0 aliphatic heterocycles. The summed E-state index contributed by atoms with van der Waals surface area (Å²) in [5.41, 5.74) is 6.24. The Hall–Kier alpha value is -0.830. The maximum atomic E-state index is 10.8. The summed E-state index contributed by atoms with van der Waals surface area (Å²) >= 11 is 1.45. The first-order valence-corrected chi connectivity index (χ1v) is 3.79. The second-order valence-corrected chi connectivity index (χ2v) is 3.46. The van der Waals surface area contributed by atoms with Crippen molar-refractivity contribution in [2.75, 3.05) is 5.73 Å². The summed E-state index contributed by atoms with van der Waals surface area (Å²) < 4.78 is 0. The third kappa shape index (κ3) is 1.19. The molecule has 1 aromatic heterocycles. The summed E-state index contributed by atoms with van der Waals surface area (Å²) in [6.07, 6.45) is 0. The standard InChI is InChI=1S/C7H9NOS/c1-4(9)6-3-7(8)10-5(6)2/h3H,8H2,1-2H3. The fourth-order valence-corrected chi connectivity index (χ4v) is 1.70. The number of thiophene rings is 1. The highest BCUT2D eigenvalue weighted by Crippen LogP contribution is 2.23. The molecule has 0 saturated heterocycles. The number of Topliss-reactive ketones (excluding diaryl/α,β-unsaturated/α-hetero) is 1. The Morgan fingerprint density at radius 2 is 2.30 bits per heavy atom. The first kappa shape index (κ1) is 7.28. The van der Waals surface area contributed by atoms with Crippen LogP contribution in [0.15, 0.2) is 6.07 Å². The van der Waals surface area contributed by atoms with E-state index in [1.54, 1.807) is 13.0 Å². The van der Waals surface area contributed by atoms with E-state index in [0.29, 0.717) is 5.00 Å². The highest BCUT2D eigenvalue weighted by Gasteiger charge is 2.06. The number of nitrogens with two attached hydrogens (primary N) is 1. The average Bonchev–Trinajstić information content (AvgIpc) is 2.10. The molecule has 2 N–H and O–H groups in total. The van der Waals surface area contributed by atoms with Gasteiger partial charge in [0.25, 0.3) is 0 Å². The number of nitrogen functional groups attached to an aromatic ring is 1. The monoisotopic (exact) mass is 155 g/mol. The van der Waals surface area contributed by atoms with Gasteiger partial charge in [-0.25, -0.2) is 0 Å². The Morgan fingerprint density at radius 3 is 2.50 bits per heavy atom. The largest absolute Gasteiger partial charge is 0.391 e. The minimum absolute atomic E-state index is 0.0884. The molecule has 0 aliphatic rings. The number of aryl methyl sites for hydroxylation is 1. The van der Waals surface area contributed by atoms with Gasteiger partial charge in [0, 0.05) is 10.4 Å². The number of anilines is 1. The number of hydrogen-bond donors (Lipinski definition) is 1. The zero-order valence-corrected chi connectivity index (χ0v) is 6.79. The smallest absolute Gasteiger partial charge is 0.160 e. The van der Waals surface area contributed by atoms with E-state index in [0.717, 1.165) is 10.4 Å². The summed E-state index contributed by atoms with van der Waals surface area (Å²) in [6, 6.07) is 1.72. The molecule has 1 aromatic rings. The third-order valence-electron chi connectivity index (χ3n) is 1.32. The van der Waals surface area contributed by atoms with Gasteiger partial charge in [0.05, 0.1) is 5.00 Å². The van der Waals surface area contributed by atoms with Gasteiger partial charge in [-0.1, -0.05) is 0 Å². The molecular weight excluding hydrogens is 146 g/mol. The Morgan fingerprint density at radius 1 is 1.70 bits per heavy atom. The van der Waals surface area contributed by atoms with Crippen molar-refractivity contribution in [1.82, 2.24) is 0 Å². The molecule has 54 valence electrons. The van der Waals surface area contributed by atoms with Crippen LogP contribution in [0.1, 0.15) is 22.2 Å². The van der Waals surface area contributed by atoms with Gasteiger partial charge in [-0.2, -0.15) is 0 Å². The molecule has 1 heterocycles. The number of carbonyl (C=O) groups excluding carboxylic acids is 1. The first-order valence-electron chi connectivity index (χ1n) is 2.98. The van der Waals surface area contributed by atoms with Crippen LogP contribution in [0.3, 0.4) is 0 Å². The second-order valence-electron chi connectivity index (χ2n) is 2.17. The van der Waals surface area contributed by atoms with Gasteiger partial charge < -0.3 is 5.73 Å². The van der Waals surface area contributed by atoms with Crippen LogP contribution in [-0.4, -0.2) is 5.78 Å². The molecule has 0 unspecified atom stereocenters. The van der Waals surface area contributed by atoms with Crippen LogP contribution in [0.25, 0.3) is 0 Å². The lowest BCUT2D eigenvalue weighted by Gasteiger charge is -1.87. The Bertz CT molecular complexity index is 265. The molecule has 0 radical (unpaired) electrons. The van der Waals surface area contributed by atoms with E-state index in [-0.39, 0.29) is 5.78 Å². The van der Waals surface area contributed by atoms with Crippen molar-refractivity contribution < 1.29 is 4.79 Å². The molecule has 0 bridgehead atoms. The molecule has 3 heteroatoms. The summed E-state index contributed by atoms with van der Waals surface area (Å²) in [6.45, 7) is 3.45. The lowest BCUT2D eigenvalue weighted by molar-refractivity contribution is 0.101. The Balaban J connectivity index is 3.15. The van der Waals surface area contributed by atoms with Crippen molar-refractivity contribution in [2.45, 2.75) is 13.8 Å². The zero-order valence-electron chi connectivity index (χ0n) is 5.97. The van der Waals surface area contributed by atoms with Crippen molar-refractivity contribution in [2.24, 2.45) is 0 Å². The van der Waals surface area contributed by atoms with Crippen LogP contribution in [-0.2, 0) is 0 Å². The van der Waals surface area contributed by atoms with E-state index in [2.05, 4.69) is 0 Å². The van der Waals surface area contributed by atoms with Gasteiger partial charge in [-0.15, -0.1) is 11.3 Å². The minimum Gasteiger partial charge on any atom is -0.391 e. The van der Waals surface area contributed by atoms with Crippen LogP contribution in [0, 0.1) is 6.92 Å². The van der Waals surface area contributed by atoms with Gasteiger partial charge in [0.2, 0.25) is 0 Å². The quantitative estimate of drug-likeness (QED) is 0.629. The average molecular weight is 155 g/mol. The van der Waals surface area contributed by atoms with E-state index < -0.39 is 0 Å². The number of ketones is 1. The van der Waals surface area contributed by atoms with Crippen LogP contribution >= 0.6 is 11.3 Å². The molecular formula is C7H9NOS. The number of carbonyl (C=O) groups is 1. The summed E-state index contributed by atoms with van der Waals surface area (Å²) in [7, 11) is 0. The van der Waals surface area contributed by atoms with Crippen LogP contribution in [0.2, 0.25) is 0 Å². The first-order chi connectivity index (χ1) is 4.61. The van der Waals surface area contributed by atoms with Gasteiger partial charge in [-0.3, -0.25) is 4.79 Å². The molecule has 2 nitrogen and oxygen atoms in total. The Kier molecular flexibility index (Phi) is 1.76. The van der Waals surface area contributed by atoms with E-state index in [4.69, 9.17) is 5.73 Å². The summed E-state index contributed by atoms with van der Waals surface area (Å²) in [5.74, 6) is 0.0884. The lowest BCUT2D eigenvalue weighted by Crippen LogP contribution is -1.90. The van der Waals surface area contributed by atoms with E-state index in [1.807, 2.05) is 6.92 Å². The molecule has 0 atom stereocenters. The second kappa shape index (κ2) is 2.42. The Labute approximate surface area is 63.7 Å². The van der Waals surface area contributed by atoms with Crippen molar-refractivity contribution in [3.63, 3.8) is 0 Å². The maximum absolute atomic E-state index is 10.8. The molecule has 0 fully saturated rings. The fraction of sp³-hybridized carbons (Fsp3) is 0.286. The van der Waals surface area contributed by atoms with Gasteiger partial charge in [-0.05, 0) is 19.9 Å². The van der Waals surface area contributed by atoms with E-state index >= 15 is 0 Å². The number of hydrogen-bond acceptors (Lipinski definition) is 3. The predicted octanol–water partition coefficient (Wildman–Crippen LogP) is 1.84. The summed E-state index contributed by atoms with van der Waals surface area (Å²) in [5, 5.41) is 0.711. The molecule has 0 amide bonds. The molecule has 10 heavy (non-hydrogen) atoms. The normalized spacial score (nSPS) is 9.80. The molecule has 1 rings (SSSR count). The highest BCUT2D eigenvalue weighted by atomic mass is 32.1. The highest BCUT2D eigenvalue weighted by molar-refractivity contribution is 7.16. The van der Waals surface area contributed by atoms with Gasteiger partial charge in [0.1, 0.15) is 0 Å².